The van der Waals surface area contributed by atoms with E-state index in [2.05, 4.69) is 279 Å². The monoisotopic (exact) mass is 934 g/mol. The highest BCUT2D eigenvalue weighted by Crippen LogP contribution is 2.48. The predicted molar refractivity (Wildman–Crippen MR) is 310 cm³/mol. The molecule has 0 amide bonds. The fourth-order valence-corrected chi connectivity index (χ4v) is 11.5. The second kappa shape index (κ2) is 18.4. The Balaban J connectivity index is 1.06. The lowest BCUT2D eigenvalue weighted by atomic mass is 9.74. The van der Waals surface area contributed by atoms with Crippen LogP contribution in [-0.4, -0.2) is 9.55 Å². The van der Waals surface area contributed by atoms with Crippen molar-refractivity contribution in [3.05, 3.63) is 272 Å². The summed E-state index contributed by atoms with van der Waals surface area (Å²) in [4.78, 5) is 5.20. The molecule has 0 fully saturated rings. The van der Waals surface area contributed by atoms with Crippen molar-refractivity contribution in [2.24, 2.45) is 5.92 Å². The number of imidazole rings is 1. The summed E-state index contributed by atoms with van der Waals surface area (Å²) in [7, 11) is 0. The van der Waals surface area contributed by atoms with Gasteiger partial charge in [-0.3, -0.25) is 4.57 Å². The van der Waals surface area contributed by atoms with Crippen LogP contribution in [0.25, 0.3) is 111 Å². The smallest absolute Gasteiger partial charge is 0.145 e. The molecule has 2 nitrogen and oxygen atoms in total. The first-order valence-corrected chi connectivity index (χ1v) is 25.7. The minimum Gasteiger partial charge on any atom is -0.292 e. The molecule has 2 heteroatoms. The quantitative estimate of drug-likeness (QED) is 0.132. The van der Waals surface area contributed by atoms with Crippen LogP contribution in [0.15, 0.2) is 261 Å². The Labute approximate surface area is 428 Å². The Morgan fingerprint density at radius 2 is 1.00 bits per heavy atom. The molecule has 1 aromatic heterocycles. The molecule has 0 saturated carbocycles. The first-order valence-electron chi connectivity index (χ1n) is 25.7. The van der Waals surface area contributed by atoms with Crippen molar-refractivity contribution in [1.82, 2.24) is 9.55 Å². The minimum absolute atomic E-state index is 0.141. The van der Waals surface area contributed by atoms with Gasteiger partial charge in [-0.1, -0.05) is 220 Å². The lowest BCUT2D eigenvalue weighted by Crippen LogP contribution is -2.20. The van der Waals surface area contributed by atoms with Crippen molar-refractivity contribution in [2.45, 2.75) is 32.1 Å². The highest BCUT2D eigenvalue weighted by molar-refractivity contribution is 6.22. The van der Waals surface area contributed by atoms with E-state index >= 15 is 0 Å². The van der Waals surface area contributed by atoms with Crippen LogP contribution in [0, 0.1) is 5.92 Å². The maximum Gasteiger partial charge on any atom is 0.145 e. The topological polar surface area (TPSA) is 17.8 Å². The fraction of sp³-hybridized carbons (Fsp3) is 0.0845. The van der Waals surface area contributed by atoms with Gasteiger partial charge in [0.05, 0.1) is 11.0 Å². The van der Waals surface area contributed by atoms with Gasteiger partial charge in [0.25, 0.3) is 0 Å². The summed E-state index contributed by atoms with van der Waals surface area (Å²) in [5, 5.41) is 4.93. The molecule has 2 aliphatic carbocycles. The average molecular weight is 935 g/mol. The number of nitrogens with zero attached hydrogens (tertiary/aromatic N) is 2. The van der Waals surface area contributed by atoms with Crippen molar-refractivity contribution >= 4 is 38.2 Å². The van der Waals surface area contributed by atoms with Gasteiger partial charge in [-0.25, -0.2) is 4.98 Å². The Morgan fingerprint density at radius 3 is 1.68 bits per heavy atom. The summed E-state index contributed by atoms with van der Waals surface area (Å²) in [6, 6.07) is 80.6. The molecule has 0 saturated heterocycles. The van der Waals surface area contributed by atoms with Gasteiger partial charge in [-0.2, -0.15) is 0 Å². The van der Waals surface area contributed by atoms with Crippen LogP contribution < -0.4 is 0 Å². The molecule has 10 aromatic carbocycles. The molecule has 0 N–H and O–H groups in total. The van der Waals surface area contributed by atoms with Gasteiger partial charge in [-0.05, 0) is 167 Å². The van der Waals surface area contributed by atoms with Gasteiger partial charge in [0.1, 0.15) is 5.82 Å². The van der Waals surface area contributed by atoms with E-state index in [0.29, 0.717) is 5.92 Å². The van der Waals surface area contributed by atoms with E-state index in [4.69, 9.17) is 4.98 Å². The molecule has 2 atom stereocenters. The molecule has 11 aromatic rings. The normalized spacial score (nSPS) is 16.4. The SMILES string of the molecule is CC1C=CC=C(c2cc(-c3c4ccccc4c(-c4cc(-c5ccccc5)cc(-c5ccccc5)c4)c4cc(-c5ccc(-c6nc7ccccc7n6-c6ccccc6)cc5)ccc34)cc(C3(C)C=CC=CC3)c2)C1. The lowest BCUT2D eigenvalue weighted by molar-refractivity contribution is 0.600. The van der Waals surface area contributed by atoms with E-state index in [1.807, 2.05) is 0 Å². The van der Waals surface area contributed by atoms with Gasteiger partial charge in [0.2, 0.25) is 0 Å². The van der Waals surface area contributed by atoms with E-state index in [-0.39, 0.29) is 5.41 Å². The van der Waals surface area contributed by atoms with Crippen molar-refractivity contribution in [3.63, 3.8) is 0 Å². The third-order valence-electron chi connectivity index (χ3n) is 15.3. The zero-order valence-corrected chi connectivity index (χ0v) is 41.2. The third kappa shape index (κ3) is 8.16. The van der Waals surface area contributed by atoms with E-state index in [1.54, 1.807) is 0 Å². The van der Waals surface area contributed by atoms with E-state index in [9.17, 15) is 0 Å². The lowest BCUT2D eigenvalue weighted by Gasteiger charge is -2.29. The van der Waals surface area contributed by atoms with Gasteiger partial charge in [0.15, 0.2) is 0 Å². The predicted octanol–water partition coefficient (Wildman–Crippen LogP) is 19.1. The Morgan fingerprint density at radius 1 is 0.452 bits per heavy atom. The molecule has 13 rings (SSSR count). The molecule has 0 aliphatic heterocycles. The molecule has 1 heterocycles. The van der Waals surface area contributed by atoms with Gasteiger partial charge in [0, 0.05) is 16.7 Å². The number of hydrogen-bond acceptors (Lipinski definition) is 1. The fourth-order valence-electron chi connectivity index (χ4n) is 11.5. The molecule has 2 unspecified atom stereocenters. The molecule has 73 heavy (non-hydrogen) atoms. The summed E-state index contributed by atoms with van der Waals surface area (Å²) < 4.78 is 2.27. The zero-order chi connectivity index (χ0) is 48.9. The number of benzene rings is 10. The maximum atomic E-state index is 5.20. The van der Waals surface area contributed by atoms with Gasteiger partial charge in [-0.15, -0.1) is 0 Å². The number of aromatic nitrogens is 2. The van der Waals surface area contributed by atoms with Crippen molar-refractivity contribution in [1.29, 1.82) is 0 Å². The van der Waals surface area contributed by atoms with Crippen LogP contribution in [0.3, 0.4) is 0 Å². The summed E-state index contributed by atoms with van der Waals surface area (Å²) in [5.41, 5.74) is 20.1. The maximum absolute atomic E-state index is 5.20. The van der Waals surface area contributed by atoms with Crippen LogP contribution in [0.4, 0.5) is 0 Å². The van der Waals surface area contributed by atoms with Crippen LogP contribution >= 0.6 is 0 Å². The second-order valence-electron chi connectivity index (χ2n) is 20.2. The summed E-state index contributed by atoms with van der Waals surface area (Å²) >= 11 is 0. The van der Waals surface area contributed by atoms with Crippen molar-refractivity contribution in [2.75, 3.05) is 0 Å². The van der Waals surface area contributed by atoms with Gasteiger partial charge < -0.3 is 0 Å². The van der Waals surface area contributed by atoms with Crippen LogP contribution in [0.2, 0.25) is 0 Å². The summed E-state index contributed by atoms with van der Waals surface area (Å²) in [5.74, 6) is 1.40. The Hall–Kier alpha value is -8.85. The zero-order valence-electron chi connectivity index (χ0n) is 41.2. The molecular formula is C71H54N2. The molecule has 348 valence electrons. The van der Waals surface area contributed by atoms with Crippen LogP contribution in [0.1, 0.15) is 37.8 Å². The minimum atomic E-state index is -0.141. The average Bonchev–Trinajstić information content (AvgIpc) is 3.85. The number of para-hydroxylation sites is 3. The second-order valence-corrected chi connectivity index (χ2v) is 20.2. The van der Waals surface area contributed by atoms with Crippen LogP contribution in [-0.2, 0) is 5.41 Å². The van der Waals surface area contributed by atoms with Gasteiger partial charge >= 0.3 is 0 Å². The standard InChI is InChI=1S/C71H54N2/c1-48-20-19-25-53(40-48)57-44-59(46-60(45-57)71(2)38-17-6-18-39-71)68-62-28-13-14-29-63(62)69(58-42-55(49-21-7-3-8-22-49)41-56(43-58)50-23-9-4-10-24-50)65-47-54(36-37-64(65)68)51-32-34-52(35-33-51)70-72-66-30-15-16-31-67(66)73(70)61-26-11-5-12-27-61/h3-38,41-48H,39-40H2,1-2H3. The van der Waals surface area contributed by atoms with Crippen molar-refractivity contribution < 1.29 is 0 Å². The summed E-state index contributed by atoms with van der Waals surface area (Å²) in [6.45, 7) is 4.72. The molecule has 2 aliphatic rings. The van der Waals surface area contributed by atoms with E-state index in [0.717, 1.165) is 52.1 Å². The Bertz CT molecular complexity index is 3960. The summed E-state index contributed by atoms with van der Waals surface area (Å²) in [6.07, 6.45) is 18.0. The van der Waals surface area contributed by atoms with E-state index in [1.165, 1.54) is 82.8 Å². The first-order chi connectivity index (χ1) is 35.9. The first kappa shape index (κ1) is 44.1. The molecular weight excluding hydrogens is 881 g/mol. The largest absolute Gasteiger partial charge is 0.292 e. The number of rotatable bonds is 9. The number of fused-ring (bicyclic) bond motifs is 3. The Kier molecular flexibility index (Phi) is 11.1. The van der Waals surface area contributed by atoms with Crippen LogP contribution in [0.5, 0.6) is 0 Å². The highest BCUT2D eigenvalue weighted by atomic mass is 15.1. The molecule has 0 radical (unpaired) electrons. The molecule has 0 bridgehead atoms. The molecule has 0 spiro atoms. The number of allylic oxidation sites excluding steroid dienone is 8. The number of hydrogen-bond donors (Lipinski definition) is 0. The van der Waals surface area contributed by atoms with Crippen molar-refractivity contribution in [3.8, 4) is 72.7 Å². The van der Waals surface area contributed by atoms with E-state index < -0.39 is 0 Å². The third-order valence-corrected chi connectivity index (χ3v) is 15.3. The highest BCUT2D eigenvalue weighted by Gasteiger charge is 2.27.